The zero-order chi connectivity index (χ0) is 20.4. The number of rotatable bonds is 7. The number of nitrogens with one attached hydrogen (secondary N) is 4. The molecule has 1 amide bonds. The van der Waals surface area contributed by atoms with Crippen LogP contribution in [0, 0.1) is 12.3 Å². The molecule has 6 nitrogen and oxygen atoms in total. The molecule has 0 radical (unpaired) electrons. The highest BCUT2D eigenvalue weighted by molar-refractivity contribution is 9.10. The minimum atomic E-state index is -0.312. The zero-order valence-corrected chi connectivity index (χ0v) is 17.9. The topological polar surface area (TPSA) is 97.8 Å². The Bertz CT molecular complexity index is 977. The van der Waals surface area contributed by atoms with E-state index in [-0.39, 0.29) is 24.1 Å². The highest BCUT2D eigenvalue weighted by Crippen LogP contribution is 2.41. The number of benzene rings is 1. The smallest absolute Gasteiger partial charge is 0.253 e. The zero-order valence-electron chi connectivity index (χ0n) is 16.3. The predicted octanol–water partition coefficient (Wildman–Crippen LogP) is 4.07. The SMILES string of the molecule is Cc1cc(C2CC2)c(CNC(=O)c2cc(Br)cc(NC(C)C)c2C=N)c(=O)[nH]1. The number of aryl methyl sites for hydroxylation is 1. The maximum atomic E-state index is 12.9. The molecule has 1 saturated carbocycles. The highest BCUT2D eigenvalue weighted by Gasteiger charge is 2.28. The number of pyridine rings is 1. The molecular formula is C21H25BrN4O2. The summed E-state index contributed by atoms with van der Waals surface area (Å²) >= 11 is 3.44. The summed E-state index contributed by atoms with van der Waals surface area (Å²) in [6.07, 6.45) is 3.34. The number of anilines is 1. The van der Waals surface area contributed by atoms with Gasteiger partial charge in [-0.3, -0.25) is 9.59 Å². The first-order valence-electron chi connectivity index (χ1n) is 9.41. The minimum absolute atomic E-state index is 0.147. The first kappa shape index (κ1) is 20.3. The summed E-state index contributed by atoms with van der Waals surface area (Å²) in [6.45, 7) is 6.03. The number of halogens is 1. The van der Waals surface area contributed by atoms with Gasteiger partial charge >= 0.3 is 0 Å². The summed E-state index contributed by atoms with van der Waals surface area (Å²) in [5.41, 5.74) is 3.98. The van der Waals surface area contributed by atoms with Crippen LogP contribution in [0.3, 0.4) is 0 Å². The summed E-state index contributed by atoms with van der Waals surface area (Å²) < 4.78 is 0.748. The van der Waals surface area contributed by atoms with Crippen LogP contribution in [0.1, 0.15) is 65.3 Å². The molecule has 0 unspecified atom stereocenters. The van der Waals surface area contributed by atoms with Crippen molar-refractivity contribution < 1.29 is 4.79 Å². The van der Waals surface area contributed by atoms with Gasteiger partial charge in [0.1, 0.15) is 0 Å². The molecule has 0 spiro atoms. The van der Waals surface area contributed by atoms with Gasteiger partial charge in [-0.05, 0) is 63.3 Å². The lowest BCUT2D eigenvalue weighted by molar-refractivity contribution is 0.0950. The average molecular weight is 445 g/mol. The Kier molecular flexibility index (Phi) is 6.03. The van der Waals surface area contributed by atoms with E-state index in [4.69, 9.17) is 5.41 Å². The van der Waals surface area contributed by atoms with E-state index in [9.17, 15) is 9.59 Å². The van der Waals surface area contributed by atoms with Crippen LogP contribution in [0.2, 0.25) is 0 Å². The number of hydrogen-bond donors (Lipinski definition) is 4. The predicted molar refractivity (Wildman–Crippen MR) is 116 cm³/mol. The molecule has 1 fully saturated rings. The Morgan fingerprint density at radius 2 is 2.07 bits per heavy atom. The molecule has 148 valence electrons. The fourth-order valence-electron chi connectivity index (χ4n) is 3.34. The number of hydrogen-bond acceptors (Lipinski definition) is 4. The van der Waals surface area contributed by atoms with E-state index in [0.717, 1.165) is 34.3 Å². The van der Waals surface area contributed by atoms with Gasteiger partial charge in [0.05, 0.1) is 5.56 Å². The van der Waals surface area contributed by atoms with Gasteiger partial charge in [-0.15, -0.1) is 0 Å². The van der Waals surface area contributed by atoms with E-state index >= 15 is 0 Å². The quantitative estimate of drug-likeness (QED) is 0.484. The maximum Gasteiger partial charge on any atom is 0.253 e. The average Bonchev–Trinajstić information content (AvgIpc) is 3.44. The normalized spacial score (nSPS) is 13.5. The van der Waals surface area contributed by atoms with Gasteiger partial charge in [-0.1, -0.05) is 15.9 Å². The molecule has 1 aromatic carbocycles. The van der Waals surface area contributed by atoms with E-state index < -0.39 is 0 Å². The summed E-state index contributed by atoms with van der Waals surface area (Å²) in [7, 11) is 0. The number of amides is 1. The van der Waals surface area contributed by atoms with E-state index in [0.29, 0.717) is 22.6 Å². The Labute approximate surface area is 172 Å². The number of aromatic nitrogens is 1. The third-order valence-electron chi connectivity index (χ3n) is 4.73. The molecule has 1 aliphatic rings. The van der Waals surface area contributed by atoms with Crippen LogP contribution in [0.4, 0.5) is 5.69 Å². The molecule has 2 aromatic rings. The van der Waals surface area contributed by atoms with Crippen molar-refractivity contribution in [1.82, 2.24) is 10.3 Å². The van der Waals surface area contributed by atoms with Crippen molar-refractivity contribution in [3.8, 4) is 0 Å². The van der Waals surface area contributed by atoms with Crippen molar-refractivity contribution in [2.45, 2.75) is 52.1 Å². The van der Waals surface area contributed by atoms with Crippen LogP contribution in [-0.4, -0.2) is 23.1 Å². The fraction of sp³-hybridized carbons (Fsp3) is 0.381. The summed E-state index contributed by atoms with van der Waals surface area (Å²) in [4.78, 5) is 28.1. The Hall–Kier alpha value is -2.41. The first-order chi connectivity index (χ1) is 13.3. The van der Waals surface area contributed by atoms with Gasteiger partial charge in [-0.25, -0.2) is 0 Å². The summed E-state index contributed by atoms with van der Waals surface area (Å²) in [5, 5.41) is 13.9. The molecule has 1 aromatic heterocycles. The van der Waals surface area contributed by atoms with Crippen LogP contribution in [0.25, 0.3) is 0 Å². The molecule has 3 rings (SSSR count). The van der Waals surface area contributed by atoms with Gasteiger partial charge in [0.15, 0.2) is 0 Å². The summed E-state index contributed by atoms with van der Waals surface area (Å²) in [6, 6.07) is 5.72. The molecule has 0 bridgehead atoms. The monoisotopic (exact) mass is 444 g/mol. The van der Waals surface area contributed by atoms with E-state index in [1.807, 2.05) is 32.9 Å². The van der Waals surface area contributed by atoms with Crippen LogP contribution in [-0.2, 0) is 6.54 Å². The van der Waals surface area contributed by atoms with E-state index in [1.165, 1.54) is 6.21 Å². The van der Waals surface area contributed by atoms with Crippen molar-refractivity contribution >= 4 is 33.7 Å². The molecular weight excluding hydrogens is 420 g/mol. The van der Waals surface area contributed by atoms with Crippen molar-refractivity contribution in [3.63, 3.8) is 0 Å². The van der Waals surface area contributed by atoms with Crippen LogP contribution in [0.5, 0.6) is 0 Å². The highest BCUT2D eigenvalue weighted by atomic mass is 79.9. The second kappa shape index (κ2) is 8.31. The first-order valence-corrected chi connectivity index (χ1v) is 10.2. The third kappa shape index (κ3) is 4.52. The number of aromatic amines is 1. The fourth-order valence-corrected chi connectivity index (χ4v) is 3.80. The molecule has 1 heterocycles. The van der Waals surface area contributed by atoms with Crippen LogP contribution >= 0.6 is 15.9 Å². The van der Waals surface area contributed by atoms with Crippen molar-refractivity contribution in [3.05, 3.63) is 61.0 Å². The third-order valence-corrected chi connectivity index (χ3v) is 5.18. The molecule has 4 N–H and O–H groups in total. The minimum Gasteiger partial charge on any atom is -0.382 e. The van der Waals surface area contributed by atoms with E-state index in [1.54, 1.807) is 6.07 Å². The second-order valence-corrected chi connectivity index (χ2v) is 8.45. The van der Waals surface area contributed by atoms with Crippen molar-refractivity contribution in [2.24, 2.45) is 0 Å². The Balaban J connectivity index is 1.88. The Morgan fingerprint density at radius 1 is 1.36 bits per heavy atom. The van der Waals surface area contributed by atoms with Crippen molar-refractivity contribution in [1.29, 1.82) is 5.41 Å². The largest absolute Gasteiger partial charge is 0.382 e. The van der Waals surface area contributed by atoms with Gasteiger partial charge in [-0.2, -0.15) is 0 Å². The summed E-state index contributed by atoms with van der Waals surface area (Å²) in [5.74, 6) is 0.103. The van der Waals surface area contributed by atoms with Gasteiger partial charge < -0.3 is 21.0 Å². The standard InChI is InChI=1S/C21H25BrN4O2/c1-11(2)25-19-8-14(22)7-16(17(19)9-23)20(27)24-10-18-15(13-4-5-13)6-12(3)26-21(18)28/h6-9,11,13,23,25H,4-5,10H2,1-3H3,(H,24,27)(H,26,28). The molecule has 28 heavy (non-hydrogen) atoms. The second-order valence-electron chi connectivity index (χ2n) is 7.53. The lowest BCUT2D eigenvalue weighted by Gasteiger charge is -2.17. The lowest BCUT2D eigenvalue weighted by Crippen LogP contribution is -2.29. The number of carbonyl (C=O) groups is 1. The number of H-pyrrole nitrogens is 1. The van der Waals surface area contributed by atoms with Gasteiger partial charge in [0, 0.05) is 45.8 Å². The molecule has 0 aliphatic heterocycles. The van der Waals surface area contributed by atoms with Crippen molar-refractivity contribution in [2.75, 3.05) is 5.32 Å². The van der Waals surface area contributed by atoms with Gasteiger partial charge in [0.25, 0.3) is 11.5 Å². The van der Waals surface area contributed by atoms with Crippen LogP contribution < -0.4 is 16.2 Å². The molecule has 0 saturated heterocycles. The van der Waals surface area contributed by atoms with Gasteiger partial charge in [0.2, 0.25) is 0 Å². The maximum absolute atomic E-state index is 12.9. The molecule has 0 atom stereocenters. The van der Waals surface area contributed by atoms with Crippen LogP contribution in [0.15, 0.2) is 27.5 Å². The molecule has 7 heteroatoms. The number of carbonyl (C=O) groups excluding carboxylic acids is 1. The lowest BCUT2D eigenvalue weighted by atomic mass is 10.0. The Morgan fingerprint density at radius 3 is 2.68 bits per heavy atom. The molecule has 1 aliphatic carbocycles. The van der Waals surface area contributed by atoms with E-state index in [2.05, 4.69) is 31.5 Å².